The summed E-state index contributed by atoms with van der Waals surface area (Å²) in [5.41, 5.74) is 2.50. The SMILES string of the molecule is Cc1cc(Cl)ccc1C(NC1CC1)c1nccs1. The molecule has 0 bridgehead atoms. The number of hydrogen-bond donors (Lipinski definition) is 1. The molecule has 3 rings (SSSR count). The summed E-state index contributed by atoms with van der Waals surface area (Å²) in [4.78, 5) is 4.46. The monoisotopic (exact) mass is 278 g/mol. The van der Waals surface area contributed by atoms with Gasteiger partial charge >= 0.3 is 0 Å². The first-order chi connectivity index (χ1) is 8.74. The van der Waals surface area contributed by atoms with Gasteiger partial charge in [-0.15, -0.1) is 11.3 Å². The molecule has 1 N–H and O–H groups in total. The van der Waals surface area contributed by atoms with Crippen LogP contribution in [0.25, 0.3) is 0 Å². The molecule has 0 saturated heterocycles. The summed E-state index contributed by atoms with van der Waals surface area (Å²) in [5, 5.41) is 7.63. The number of rotatable bonds is 4. The van der Waals surface area contributed by atoms with Gasteiger partial charge in [0, 0.05) is 22.6 Å². The molecule has 1 unspecified atom stereocenters. The number of halogens is 1. The van der Waals surface area contributed by atoms with Crippen LogP contribution in [0.5, 0.6) is 0 Å². The van der Waals surface area contributed by atoms with Crippen molar-refractivity contribution >= 4 is 22.9 Å². The molecular formula is C14H15ClN2S. The van der Waals surface area contributed by atoms with E-state index < -0.39 is 0 Å². The van der Waals surface area contributed by atoms with Crippen LogP contribution < -0.4 is 5.32 Å². The van der Waals surface area contributed by atoms with Gasteiger partial charge < -0.3 is 5.32 Å². The number of hydrogen-bond acceptors (Lipinski definition) is 3. The minimum Gasteiger partial charge on any atom is -0.301 e. The van der Waals surface area contributed by atoms with Crippen LogP contribution in [0.2, 0.25) is 5.02 Å². The third kappa shape index (κ3) is 2.58. The second-order valence-corrected chi connectivity index (χ2v) is 6.11. The van der Waals surface area contributed by atoms with Crippen LogP contribution >= 0.6 is 22.9 Å². The molecule has 0 amide bonds. The smallest absolute Gasteiger partial charge is 0.114 e. The lowest BCUT2D eigenvalue weighted by Crippen LogP contribution is -2.25. The van der Waals surface area contributed by atoms with E-state index in [0.29, 0.717) is 6.04 Å². The number of benzene rings is 1. The lowest BCUT2D eigenvalue weighted by atomic mass is 10.0. The molecule has 4 heteroatoms. The topological polar surface area (TPSA) is 24.9 Å². The predicted octanol–water partition coefficient (Wildman–Crippen LogP) is 3.95. The van der Waals surface area contributed by atoms with Gasteiger partial charge in [0.05, 0.1) is 6.04 Å². The van der Waals surface area contributed by atoms with Crippen molar-refractivity contribution in [2.24, 2.45) is 0 Å². The highest BCUT2D eigenvalue weighted by molar-refractivity contribution is 7.09. The Morgan fingerprint density at radius 3 is 2.89 bits per heavy atom. The molecule has 1 atom stereocenters. The Morgan fingerprint density at radius 2 is 2.28 bits per heavy atom. The molecule has 18 heavy (non-hydrogen) atoms. The minimum absolute atomic E-state index is 0.203. The quantitative estimate of drug-likeness (QED) is 0.916. The zero-order valence-corrected chi connectivity index (χ0v) is 11.8. The molecule has 1 aromatic heterocycles. The van der Waals surface area contributed by atoms with Crippen molar-refractivity contribution in [3.8, 4) is 0 Å². The molecule has 94 valence electrons. The molecule has 1 saturated carbocycles. The summed E-state index contributed by atoms with van der Waals surface area (Å²) in [6.07, 6.45) is 4.41. The normalized spacial score (nSPS) is 16.8. The van der Waals surface area contributed by atoms with E-state index in [2.05, 4.69) is 23.3 Å². The first-order valence-corrected chi connectivity index (χ1v) is 7.41. The van der Waals surface area contributed by atoms with Gasteiger partial charge in [-0.25, -0.2) is 4.98 Å². The van der Waals surface area contributed by atoms with E-state index in [-0.39, 0.29) is 6.04 Å². The van der Waals surface area contributed by atoms with Crippen molar-refractivity contribution in [2.75, 3.05) is 0 Å². The molecule has 1 aromatic carbocycles. The number of thiazole rings is 1. The fourth-order valence-electron chi connectivity index (χ4n) is 2.12. The van der Waals surface area contributed by atoms with Gasteiger partial charge in [0.15, 0.2) is 0 Å². The van der Waals surface area contributed by atoms with Crippen LogP contribution in [0.15, 0.2) is 29.8 Å². The third-order valence-electron chi connectivity index (χ3n) is 3.22. The van der Waals surface area contributed by atoms with Gasteiger partial charge in [0.1, 0.15) is 5.01 Å². The van der Waals surface area contributed by atoms with Crippen molar-refractivity contribution < 1.29 is 0 Å². The van der Waals surface area contributed by atoms with Crippen LogP contribution in [-0.2, 0) is 0 Å². The molecule has 1 heterocycles. The van der Waals surface area contributed by atoms with Crippen molar-refractivity contribution in [1.82, 2.24) is 10.3 Å². The van der Waals surface area contributed by atoms with Crippen LogP contribution in [0.3, 0.4) is 0 Å². The fourth-order valence-corrected chi connectivity index (χ4v) is 3.06. The Balaban J connectivity index is 1.96. The zero-order valence-electron chi connectivity index (χ0n) is 10.2. The Kier molecular flexibility index (Phi) is 3.37. The van der Waals surface area contributed by atoms with Gasteiger partial charge in [-0.2, -0.15) is 0 Å². The van der Waals surface area contributed by atoms with Crippen molar-refractivity contribution in [1.29, 1.82) is 0 Å². The van der Waals surface area contributed by atoms with Crippen LogP contribution in [0.4, 0.5) is 0 Å². The maximum absolute atomic E-state index is 6.03. The van der Waals surface area contributed by atoms with Crippen LogP contribution in [0.1, 0.15) is 35.0 Å². The first kappa shape index (κ1) is 12.2. The van der Waals surface area contributed by atoms with E-state index in [1.807, 2.05) is 23.7 Å². The van der Waals surface area contributed by atoms with Gasteiger partial charge in [-0.3, -0.25) is 0 Å². The van der Waals surface area contributed by atoms with E-state index >= 15 is 0 Å². The molecular weight excluding hydrogens is 264 g/mol. The average Bonchev–Trinajstić information content (AvgIpc) is 3.00. The second kappa shape index (κ2) is 5.00. The summed E-state index contributed by atoms with van der Waals surface area (Å²) >= 11 is 7.73. The maximum Gasteiger partial charge on any atom is 0.114 e. The first-order valence-electron chi connectivity index (χ1n) is 6.15. The van der Waals surface area contributed by atoms with Gasteiger partial charge in [-0.05, 0) is 43.0 Å². The lowest BCUT2D eigenvalue weighted by Gasteiger charge is -2.19. The largest absolute Gasteiger partial charge is 0.301 e. The number of nitrogens with one attached hydrogen (secondary N) is 1. The highest BCUT2D eigenvalue weighted by atomic mass is 35.5. The van der Waals surface area contributed by atoms with Gasteiger partial charge in [0.25, 0.3) is 0 Å². The molecule has 0 spiro atoms. The molecule has 0 aliphatic heterocycles. The standard InChI is InChI=1S/C14H15ClN2S/c1-9-8-10(15)2-5-12(9)13(17-11-3-4-11)14-16-6-7-18-14/h2,5-8,11,13,17H,3-4H2,1H3. The molecule has 1 aliphatic rings. The van der Waals surface area contributed by atoms with E-state index in [1.54, 1.807) is 11.3 Å². The number of aryl methyl sites for hydroxylation is 1. The second-order valence-electron chi connectivity index (χ2n) is 4.75. The number of nitrogens with zero attached hydrogens (tertiary/aromatic N) is 1. The summed E-state index contributed by atoms with van der Waals surface area (Å²) in [7, 11) is 0. The van der Waals surface area contributed by atoms with Crippen LogP contribution in [0, 0.1) is 6.92 Å². The predicted molar refractivity (Wildman–Crippen MR) is 76.3 cm³/mol. The highest BCUT2D eigenvalue weighted by Gasteiger charge is 2.28. The van der Waals surface area contributed by atoms with E-state index in [9.17, 15) is 0 Å². The Labute approximate surface area is 116 Å². The minimum atomic E-state index is 0.203. The van der Waals surface area contributed by atoms with Crippen LogP contribution in [-0.4, -0.2) is 11.0 Å². The Hall–Kier alpha value is -0.900. The summed E-state index contributed by atoms with van der Waals surface area (Å²) in [6, 6.07) is 6.94. The van der Waals surface area contributed by atoms with Gasteiger partial charge in [-0.1, -0.05) is 17.7 Å². The average molecular weight is 279 g/mol. The highest BCUT2D eigenvalue weighted by Crippen LogP contribution is 2.32. The summed E-state index contributed by atoms with van der Waals surface area (Å²) in [6.45, 7) is 2.11. The summed E-state index contributed by atoms with van der Waals surface area (Å²) in [5.74, 6) is 0. The zero-order chi connectivity index (χ0) is 12.5. The molecule has 0 radical (unpaired) electrons. The summed E-state index contributed by atoms with van der Waals surface area (Å²) < 4.78 is 0. The fraction of sp³-hybridized carbons (Fsp3) is 0.357. The molecule has 2 nitrogen and oxygen atoms in total. The van der Waals surface area contributed by atoms with Crippen molar-refractivity contribution in [2.45, 2.75) is 31.8 Å². The van der Waals surface area contributed by atoms with Gasteiger partial charge in [0.2, 0.25) is 0 Å². The molecule has 1 fully saturated rings. The Morgan fingerprint density at radius 1 is 1.44 bits per heavy atom. The van der Waals surface area contributed by atoms with E-state index in [0.717, 1.165) is 10.0 Å². The Bertz CT molecular complexity index is 535. The number of aromatic nitrogens is 1. The van der Waals surface area contributed by atoms with Crippen molar-refractivity contribution in [3.05, 3.63) is 50.9 Å². The van der Waals surface area contributed by atoms with E-state index in [4.69, 9.17) is 11.6 Å². The maximum atomic E-state index is 6.03. The molecule has 1 aliphatic carbocycles. The molecule has 2 aromatic rings. The lowest BCUT2D eigenvalue weighted by molar-refractivity contribution is 0.595. The van der Waals surface area contributed by atoms with Crippen molar-refractivity contribution in [3.63, 3.8) is 0 Å². The van der Waals surface area contributed by atoms with E-state index in [1.165, 1.54) is 24.0 Å². The third-order valence-corrected chi connectivity index (χ3v) is 4.30.